The van der Waals surface area contributed by atoms with Gasteiger partial charge in [-0.25, -0.2) is 24.3 Å². The molecule has 0 atom stereocenters. The molecule has 0 unspecified atom stereocenters. The molecule has 43 heavy (non-hydrogen) atoms. The van der Waals surface area contributed by atoms with Gasteiger partial charge in [-0.15, -0.1) is 49.2 Å². The molecule has 0 amide bonds. The summed E-state index contributed by atoms with van der Waals surface area (Å²) in [6, 6.07) is 29.6. The maximum Gasteiger partial charge on any atom is 0 e. The molecular weight excluding hydrogens is 675 g/mol. The Labute approximate surface area is 313 Å². The number of rotatable bonds is 0. The molecule has 0 N–H and O–H groups in total. The SMILES string of the molecule is [C-]1=CC=CC1.[C-]1=CC=CC1.[CH2-]C.[CH2-]c1ccccc1.[CH2-]c1ccccc1.[CH2-]c1ccccc1.[CH3-].[CH3-].[CH3-].[CH3-].[CH3-].[CH3-].[CH3-].[CH3-].[Zr].[Zr]. The van der Waals surface area contributed by atoms with E-state index in [1.165, 1.54) is 0 Å². The van der Waals surface area contributed by atoms with E-state index in [0.717, 1.165) is 29.5 Å². The van der Waals surface area contributed by atoms with E-state index in [4.69, 9.17) is 0 Å². The number of hydrogen-bond donors (Lipinski definition) is 0. The van der Waals surface area contributed by atoms with Crippen LogP contribution in [0.15, 0.2) is 127 Å². The predicted octanol–water partition coefficient (Wildman–Crippen LogP) is 12.7. The zero-order valence-corrected chi connectivity index (χ0v) is 33.8. The number of benzene rings is 3. The van der Waals surface area contributed by atoms with Crippen LogP contribution < -0.4 is 0 Å². The third kappa shape index (κ3) is 56.4. The van der Waals surface area contributed by atoms with E-state index in [1.54, 1.807) is 6.92 Å². The van der Waals surface area contributed by atoms with Crippen molar-refractivity contribution in [2.24, 2.45) is 0 Å². The molecule has 2 aliphatic rings. The van der Waals surface area contributed by atoms with Crippen LogP contribution in [0.5, 0.6) is 0 Å². The third-order valence-corrected chi connectivity index (χ3v) is 3.70. The van der Waals surface area contributed by atoms with Gasteiger partial charge in [0.05, 0.1) is 0 Å². The van der Waals surface area contributed by atoms with Crippen molar-refractivity contribution in [3.63, 3.8) is 0 Å². The first kappa shape index (κ1) is 72.9. The Morgan fingerprint density at radius 2 is 0.628 bits per heavy atom. The van der Waals surface area contributed by atoms with Crippen LogP contribution in [0, 0.1) is 99.3 Å². The van der Waals surface area contributed by atoms with Crippen LogP contribution in [-0.4, -0.2) is 0 Å². The quantitative estimate of drug-likeness (QED) is 0.202. The monoisotopic (exact) mass is 732 g/mol. The van der Waals surface area contributed by atoms with Gasteiger partial charge in [-0.05, 0) is 0 Å². The maximum absolute atomic E-state index is 3.72. The summed E-state index contributed by atoms with van der Waals surface area (Å²) in [5.74, 6) is 0. The Bertz CT molecular complexity index is 763. The van der Waals surface area contributed by atoms with E-state index in [2.05, 4.69) is 52.0 Å². The van der Waals surface area contributed by atoms with Crippen molar-refractivity contribution in [1.29, 1.82) is 0 Å². The molecular formula is C41H60Zr2-14. The smallest absolute Gasteiger partial charge is 0 e. The molecule has 0 aromatic heterocycles. The average molecular weight is 735 g/mol. The van der Waals surface area contributed by atoms with E-state index in [-0.39, 0.29) is 112 Å². The molecule has 3 aromatic rings. The molecule has 3 aromatic carbocycles. The van der Waals surface area contributed by atoms with Gasteiger partial charge in [0, 0.05) is 52.4 Å². The Kier molecular flexibility index (Phi) is 101. The number of hydrogen-bond acceptors (Lipinski definition) is 0. The van der Waals surface area contributed by atoms with Crippen LogP contribution in [0.2, 0.25) is 0 Å². The summed E-state index contributed by atoms with van der Waals surface area (Å²) in [6.45, 7) is 16.2. The Balaban J connectivity index is -0.0000000310. The fraction of sp³-hybridized carbons (Fsp3) is 0.0732. The summed E-state index contributed by atoms with van der Waals surface area (Å²) in [5.41, 5.74) is 3.22. The molecule has 5 rings (SSSR count). The molecule has 0 aliphatic heterocycles. The van der Waals surface area contributed by atoms with Crippen molar-refractivity contribution < 1.29 is 52.4 Å². The van der Waals surface area contributed by atoms with Crippen molar-refractivity contribution in [1.82, 2.24) is 0 Å². The summed E-state index contributed by atoms with van der Waals surface area (Å²) in [7, 11) is 0. The molecule has 0 spiro atoms. The molecule has 0 bridgehead atoms. The van der Waals surface area contributed by atoms with Crippen LogP contribution in [0.25, 0.3) is 0 Å². The molecule has 246 valence electrons. The predicted molar refractivity (Wildman–Crippen MR) is 198 cm³/mol. The van der Waals surface area contributed by atoms with Crippen LogP contribution in [0.4, 0.5) is 0 Å². The van der Waals surface area contributed by atoms with Gasteiger partial charge in [0.25, 0.3) is 0 Å². The summed E-state index contributed by atoms with van der Waals surface area (Å²) in [5, 5.41) is 0. The topological polar surface area (TPSA) is 0 Å². The van der Waals surface area contributed by atoms with Gasteiger partial charge in [-0.1, -0.05) is 18.2 Å². The minimum Gasteiger partial charge on any atom is -0.358 e. The first-order chi connectivity index (χ1) is 16.2. The molecule has 0 heterocycles. The summed E-state index contributed by atoms with van der Waals surface area (Å²) in [6.07, 6.45) is 20.0. The molecule has 0 nitrogen and oxygen atoms in total. The van der Waals surface area contributed by atoms with Crippen LogP contribution >= 0.6 is 0 Å². The van der Waals surface area contributed by atoms with Crippen molar-refractivity contribution in [2.45, 2.75) is 19.8 Å². The van der Waals surface area contributed by atoms with Crippen molar-refractivity contribution in [3.8, 4) is 0 Å². The number of allylic oxidation sites excluding steroid dienone is 8. The van der Waals surface area contributed by atoms with Gasteiger partial charge in [-0.3, -0.25) is 12.2 Å². The fourth-order valence-corrected chi connectivity index (χ4v) is 2.11. The first-order valence-electron chi connectivity index (χ1n) is 10.9. The van der Waals surface area contributed by atoms with Crippen molar-refractivity contribution in [3.05, 3.63) is 243 Å². The molecule has 2 aliphatic carbocycles. The first-order valence-corrected chi connectivity index (χ1v) is 10.9. The standard InChI is InChI=1S/3C7H7.2C5H5.C2H5.8CH3.2Zr/c3*1-7-5-3-2-4-6-7;2*1-2-4-5-3-1;1-2;;;;;;;;;;/h3*2-6H,1H2;2*1-3H,4H2;1H2,2H3;8*1H3;;/q14*-1;;. The van der Waals surface area contributed by atoms with Gasteiger partial charge >= 0.3 is 0 Å². The van der Waals surface area contributed by atoms with Crippen LogP contribution in [0.3, 0.4) is 0 Å². The van der Waals surface area contributed by atoms with Crippen molar-refractivity contribution in [2.75, 3.05) is 0 Å². The third-order valence-electron chi connectivity index (χ3n) is 3.70. The Morgan fingerprint density at radius 1 is 0.419 bits per heavy atom. The minimum atomic E-state index is 0. The fourth-order valence-electron chi connectivity index (χ4n) is 2.11. The summed E-state index contributed by atoms with van der Waals surface area (Å²) < 4.78 is 0. The van der Waals surface area contributed by atoms with Gasteiger partial charge in [0.2, 0.25) is 0 Å². The largest absolute Gasteiger partial charge is 0.358 e. The molecule has 0 fully saturated rings. The Hall–Kier alpha value is -2.00. The van der Waals surface area contributed by atoms with Gasteiger partial charge in [-0.2, -0.15) is 92.9 Å². The summed E-state index contributed by atoms with van der Waals surface area (Å²) >= 11 is 0. The van der Waals surface area contributed by atoms with E-state index >= 15 is 0 Å². The van der Waals surface area contributed by atoms with Crippen LogP contribution in [0.1, 0.15) is 36.5 Å². The molecule has 2 heteroatoms. The van der Waals surface area contributed by atoms with E-state index in [0.29, 0.717) is 0 Å². The molecule has 0 saturated heterocycles. The zero-order chi connectivity index (χ0) is 24.4. The van der Waals surface area contributed by atoms with E-state index < -0.39 is 0 Å². The normalized spacial score (nSPS) is 8.42. The van der Waals surface area contributed by atoms with Crippen molar-refractivity contribution >= 4 is 0 Å². The second kappa shape index (κ2) is 59.4. The minimum absolute atomic E-state index is 0. The Morgan fingerprint density at radius 3 is 0.698 bits per heavy atom. The maximum atomic E-state index is 3.72. The summed E-state index contributed by atoms with van der Waals surface area (Å²) in [4.78, 5) is 0. The second-order valence-electron chi connectivity index (χ2n) is 6.46. The van der Waals surface area contributed by atoms with Gasteiger partial charge in [0.15, 0.2) is 0 Å². The van der Waals surface area contributed by atoms with E-state index in [1.807, 2.05) is 115 Å². The average Bonchev–Trinajstić information content (AvgIpc) is 3.62. The molecule has 0 saturated carbocycles. The zero-order valence-electron chi connectivity index (χ0n) is 28.9. The second-order valence-corrected chi connectivity index (χ2v) is 6.46. The van der Waals surface area contributed by atoms with Crippen LogP contribution in [-0.2, 0) is 52.4 Å². The van der Waals surface area contributed by atoms with E-state index in [9.17, 15) is 0 Å². The van der Waals surface area contributed by atoms with Gasteiger partial charge in [0.1, 0.15) is 0 Å². The molecule has 0 radical (unpaired) electrons. The van der Waals surface area contributed by atoms with Gasteiger partial charge < -0.3 is 66.3 Å².